The lowest BCUT2D eigenvalue weighted by molar-refractivity contribution is -0.159. The van der Waals surface area contributed by atoms with Gasteiger partial charge in [-0.15, -0.1) is 0 Å². The first kappa shape index (κ1) is 25.2. The van der Waals surface area contributed by atoms with Crippen LogP contribution in [0.25, 0.3) is 0 Å². The van der Waals surface area contributed by atoms with Crippen LogP contribution in [0.4, 0.5) is 0 Å². The zero-order chi connectivity index (χ0) is 23.4. The van der Waals surface area contributed by atoms with Crippen molar-refractivity contribution >= 4 is 11.9 Å². The molecule has 3 rings (SSSR count). The molecule has 0 amide bonds. The van der Waals surface area contributed by atoms with Crippen LogP contribution < -0.4 is 14.8 Å². The molecule has 174 valence electrons. The molecule has 0 aliphatic carbocycles. The van der Waals surface area contributed by atoms with Crippen molar-refractivity contribution in [3.8, 4) is 11.5 Å². The van der Waals surface area contributed by atoms with Gasteiger partial charge in [-0.05, 0) is 50.1 Å². The summed E-state index contributed by atoms with van der Waals surface area (Å²) < 4.78 is 17.9. The van der Waals surface area contributed by atoms with Gasteiger partial charge in [0.05, 0.1) is 12.2 Å². The second-order valence-electron chi connectivity index (χ2n) is 7.27. The minimum Gasteiger partial charge on any atom is -0.490 e. The molecule has 8 heteroatoms. The van der Waals surface area contributed by atoms with Crippen LogP contribution in [-0.2, 0) is 27.4 Å². The summed E-state index contributed by atoms with van der Waals surface area (Å²) in [5, 5.41) is 18.2. The third-order valence-corrected chi connectivity index (χ3v) is 5.00. The first-order chi connectivity index (χ1) is 15.4. The number of ether oxygens (including phenoxy) is 3. The maximum absolute atomic E-state index is 9.10. The van der Waals surface area contributed by atoms with Gasteiger partial charge in [-0.2, -0.15) is 0 Å². The molecule has 2 aromatic rings. The molecule has 1 unspecified atom stereocenters. The number of carbonyl (C=O) groups is 2. The number of rotatable bonds is 9. The van der Waals surface area contributed by atoms with Crippen molar-refractivity contribution in [3.05, 3.63) is 59.7 Å². The third-order valence-electron chi connectivity index (χ3n) is 5.00. The maximum atomic E-state index is 9.10. The normalized spacial score (nSPS) is 17.2. The zero-order valence-corrected chi connectivity index (χ0v) is 18.5. The number of aliphatic carboxylic acids is 2. The van der Waals surface area contributed by atoms with Gasteiger partial charge in [-0.3, -0.25) is 0 Å². The Labute approximate surface area is 188 Å². The van der Waals surface area contributed by atoms with Crippen LogP contribution in [0, 0.1) is 0 Å². The molecule has 3 N–H and O–H groups in total. The molecule has 0 radical (unpaired) electrons. The highest BCUT2D eigenvalue weighted by atomic mass is 16.5. The summed E-state index contributed by atoms with van der Waals surface area (Å²) in [6.45, 7) is 7.86. The maximum Gasteiger partial charge on any atom is 0.414 e. The van der Waals surface area contributed by atoms with Gasteiger partial charge >= 0.3 is 11.9 Å². The van der Waals surface area contributed by atoms with E-state index in [9.17, 15) is 0 Å². The number of hydrogen-bond donors (Lipinski definition) is 3. The molecular weight excluding hydrogens is 414 g/mol. The van der Waals surface area contributed by atoms with Crippen molar-refractivity contribution in [2.24, 2.45) is 0 Å². The SMILES string of the molecule is CCOc1ccccc1OCc1ccccc1CC1(OCC)CCNC1.O=C(O)C(=O)O. The fourth-order valence-corrected chi connectivity index (χ4v) is 3.57. The van der Waals surface area contributed by atoms with Gasteiger partial charge in [0.1, 0.15) is 6.61 Å². The predicted octanol–water partition coefficient (Wildman–Crippen LogP) is 3.13. The molecule has 0 bridgehead atoms. The molecule has 8 nitrogen and oxygen atoms in total. The van der Waals surface area contributed by atoms with Crippen molar-refractivity contribution in [3.63, 3.8) is 0 Å². The Kier molecular flexibility index (Phi) is 9.97. The average Bonchev–Trinajstić information content (AvgIpc) is 3.23. The molecule has 1 heterocycles. The number of nitrogens with one attached hydrogen (secondary N) is 1. The second-order valence-corrected chi connectivity index (χ2v) is 7.27. The fraction of sp³-hybridized carbons (Fsp3) is 0.417. The standard InChI is InChI=1S/C22H29NO3.C2H2O4/c1-3-24-20-11-7-8-12-21(20)25-16-19-10-6-5-9-18(19)15-22(26-4-2)13-14-23-17-22;3-1(4)2(5)6/h5-12,23H,3-4,13-17H2,1-2H3;(H,3,4)(H,5,6). The van der Waals surface area contributed by atoms with E-state index in [0.717, 1.165) is 44.0 Å². The molecule has 1 aliphatic rings. The smallest absolute Gasteiger partial charge is 0.414 e. The molecule has 0 saturated carbocycles. The average molecular weight is 446 g/mol. The minimum absolute atomic E-state index is 0.103. The molecule has 1 fully saturated rings. The summed E-state index contributed by atoms with van der Waals surface area (Å²) in [7, 11) is 0. The van der Waals surface area contributed by atoms with Gasteiger partial charge in [0.2, 0.25) is 0 Å². The Morgan fingerprint density at radius 3 is 2.03 bits per heavy atom. The summed E-state index contributed by atoms with van der Waals surface area (Å²) in [6, 6.07) is 16.3. The van der Waals surface area contributed by atoms with Gasteiger partial charge in [-0.1, -0.05) is 36.4 Å². The van der Waals surface area contributed by atoms with Crippen molar-refractivity contribution in [2.75, 3.05) is 26.3 Å². The summed E-state index contributed by atoms with van der Waals surface area (Å²) in [4.78, 5) is 18.2. The van der Waals surface area contributed by atoms with E-state index in [1.54, 1.807) is 0 Å². The number of hydrogen-bond acceptors (Lipinski definition) is 6. The quantitative estimate of drug-likeness (QED) is 0.505. The molecular formula is C24H31NO7. The Balaban J connectivity index is 0.000000534. The van der Waals surface area contributed by atoms with E-state index in [2.05, 4.69) is 36.5 Å². The first-order valence-corrected chi connectivity index (χ1v) is 10.6. The van der Waals surface area contributed by atoms with Crippen LogP contribution in [0.1, 0.15) is 31.4 Å². The fourth-order valence-electron chi connectivity index (χ4n) is 3.57. The molecule has 2 aromatic carbocycles. The van der Waals surface area contributed by atoms with Gasteiger partial charge in [0.25, 0.3) is 0 Å². The number of para-hydroxylation sites is 2. The van der Waals surface area contributed by atoms with Crippen LogP contribution in [-0.4, -0.2) is 54.1 Å². The van der Waals surface area contributed by atoms with Gasteiger partial charge in [-0.25, -0.2) is 9.59 Å². The molecule has 1 atom stereocenters. The van der Waals surface area contributed by atoms with E-state index in [-0.39, 0.29) is 5.60 Å². The van der Waals surface area contributed by atoms with Gasteiger partial charge in [0.15, 0.2) is 11.5 Å². The summed E-state index contributed by atoms with van der Waals surface area (Å²) in [5.74, 6) is -2.07. The number of benzene rings is 2. The van der Waals surface area contributed by atoms with E-state index in [1.165, 1.54) is 11.1 Å². The van der Waals surface area contributed by atoms with E-state index in [0.29, 0.717) is 13.2 Å². The lowest BCUT2D eigenvalue weighted by atomic mass is 9.91. The number of carboxylic acids is 2. The van der Waals surface area contributed by atoms with Gasteiger partial charge < -0.3 is 29.7 Å². The molecule has 1 saturated heterocycles. The number of carboxylic acid groups (broad SMARTS) is 2. The lowest BCUT2D eigenvalue weighted by Crippen LogP contribution is -2.38. The summed E-state index contributed by atoms with van der Waals surface area (Å²) in [6.07, 6.45) is 1.95. The monoisotopic (exact) mass is 445 g/mol. The molecule has 0 spiro atoms. The Morgan fingerprint density at radius 1 is 0.906 bits per heavy atom. The zero-order valence-electron chi connectivity index (χ0n) is 18.5. The third kappa shape index (κ3) is 7.55. The highest BCUT2D eigenvalue weighted by Crippen LogP contribution is 2.29. The van der Waals surface area contributed by atoms with Crippen molar-refractivity contribution in [1.82, 2.24) is 5.32 Å². The highest BCUT2D eigenvalue weighted by Gasteiger charge is 2.35. The molecule has 1 aliphatic heterocycles. The van der Waals surface area contributed by atoms with E-state index < -0.39 is 11.9 Å². The molecule has 32 heavy (non-hydrogen) atoms. The second kappa shape index (κ2) is 12.7. The topological polar surface area (TPSA) is 114 Å². The van der Waals surface area contributed by atoms with Crippen LogP contribution in [0.3, 0.4) is 0 Å². The van der Waals surface area contributed by atoms with Crippen molar-refractivity contribution < 1.29 is 34.0 Å². The highest BCUT2D eigenvalue weighted by molar-refractivity contribution is 6.27. The van der Waals surface area contributed by atoms with Crippen LogP contribution in [0.2, 0.25) is 0 Å². The summed E-state index contributed by atoms with van der Waals surface area (Å²) in [5.41, 5.74) is 2.39. The van der Waals surface area contributed by atoms with Crippen LogP contribution >= 0.6 is 0 Å². The Morgan fingerprint density at radius 2 is 1.50 bits per heavy atom. The van der Waals surface area contributed by atoms with Crippen molar-refractivity contribution in [2.45, 2.75) is 38.9 Å². The van der Waals surface area contributed by atoms with E-state index in [4.69, 9.17) is 34.0 Å². The van der Waals surface area contributed by atoms with E-state index >= 15 is 0 Å². The lowest BCUT2D eigenvalue weighted by Gasteiger charge is -2.29. The van der Waals surface area contributed by atoms with Gasteiger partial charge in [0, 0.05) is 19.6 Å². The Bertz CT molecular complexity index is 866. The first-order valence-electron chi connectivity index (χ1n) is 10.6. The van der Waals surface area contributed by atoms with E-state index in [1.807, 2.05) is 31.2 Å². The minimum atomic E-state index is -1.82. The predicted molar refractivity (Wildman–Crippen MR) is 119 cm³/mol. The Hall–Kier alpha value is -3.10. The van der Waals surface area contributed by atoms with Crippen LogP contribution in [0.5, 0.6) is 11.5 Å². The molecule has 0 aromatic heterocycles. The van der Waals surface area contributed by atoms with Crippen molar-refractivity contribution in [1.29, 1.82) is 0 Å². The largest absolute Gasteiger partial charge is 0.490 e. The summed E-state index contributed by atoms with van der Waals surface area (Å²) >= 11 is 0. The van der Waals surface area contributed by atoms with Crippen LogP contribution in [0.15, 0.2) is 48.5 Å².